The van der Waals surface area contributed by atoms with Crippen molar-refractivity contribution >= 4 is 89.2 Å². The van der Waals surface area contributed by atoms with Crippen molar-refractivity contribution < 1.29 is 22.8 Å². The molecule has 9 heterocycles. The van der Waals surface area contributed by atoms with E-state index >= 15 is 0 Å². The Morgan fingerprint density at radius 1 is 0.435 bits per heavy atom. The van der Waals surface area contributed by atoms with E-state index in [1.165, 1.54) is 0 Å². The Kier molecular flexibility index (Phi) is 22.4. The van der Waals surface area contributed by atoms with E-state index in [4.69, 9.17) is 0 Å². The number of amides is 3. The first-order valence-electron chi connectivity index (χ1n) is 36.8. The summed E-state index contributed by atoms with van der Waals surface area (Å²) in [5.74, 6) is 10.7. The number of carbonyl (C=O) groups is 3. The van der Waals surface area contributed by atoms with E-state index in [1.54, 1.807) is 122 Å². The molecule has 570 valence electrons. The molecule has 25 heteroatoms. The lowest BCUT2D eigenvalue weighted by molar-refractivity contribution is 0.0931. The summed E-state index contributed by atoms with van der Waals surface area (Å²) < 4.78 is 34.7. The first-order valence-corrected chi connectivity index (χ1v) is 38.7. The number of rotatable bonds is 16. The standard InChI is InChI=1S/C33H27N5O2.C29H26N6O4S.C28H23N5O2/c1-22(35-32(39)29-23(2)36-37-20-10-19-34-31(29)37)28-21-26-14-9-13-25(18-17-24-11-5-3-6-12-24)30(26)33(40)38(28)27-15-7-4-8-16-27;1-19(32-28(36)25-20(2)33-34-17-9-15-30-27(25)34)24-18-22-11-7-10-21(12-8-16-31-40(3,38)39)26(22)29(37)35(24)23-13-5-4-6-14-23;1-4-10-20-11-8-12-21-17-23(33(28(35)25(20)21)22-13-6-5-7-14-22)18(2)30-27(34)24-19(3)31-32-16-9-15-29-26(24)32/h3-22H,1-2H3,(H,35,39);4-7,9-11,13-15,17-19,31H,16H2,1-3H3,(H,32,36);5-9,11-18H,1-3H3,(H,30,34)/b18-17+;;/t22-;19-;18-/m000/s1. The smallest absolute Gasteiger partial charge is 0.264 e. The third-order valence-corrected chi connectivity index (χ3v) is 19.9. The average Bonchev–Trinajstić information content (AvgIpc) is 1.76. The monoisotopic (exact) mass is 1540 g/mol. The minimum atomic E-state index is -3.39. The van der Waals surface area contributed by atoms with Crippen LogP contribution in [0.5, 0.6) is 0 Å². The van der Waals surface area contributed by atoms with Crippen molar-refractivity contribution in [3.05, 3.63) is 354 Å². The fourth-order valence-electron chi connectivity index (χ4n) is 14.0. The maximum absolute atomic E-state index is 14.2. The predicted molar refractivity (Wildman–Crippen MR) is 447 cm³/mol. The van der Waals surface area contributed by atoms with E-state index < -0.39 is 28.1 Å². The summed E-state index contributed by atoms with van der Waals surface area (Å²) >= 11 is 0. The van der Waals surface area contributed by atoms with Gasteiger partial charge in [-0.2, -0.15) is 15.3 Å². The first-order chi connectivity index (χ1) is 55.6. The largest absolute Gasteiger partial charge is 0.344 e. The zero-order chi connectivity index (χ0) is 80.6. The summed E-state index contributed by atoms with van der Waals surface area (Å²) in [6, 6.07) is 64.3. The zero-order valence-corrected chi connectivity index (χ0v) is 64.6. The van der Waals surface area contributed by atoms with E-state index in [2.05, 4.69) is 74.6 Å². The molecule has 0 unspecified atom stereocenters. The number of hydrogen-bond acceptors (Lipinski definition) is 14. The maximum Gasteiger partial charge on any atom is 0.264 e. The van der Waals surface area contributed by atoms with Gasteiger partial charge in [-0.1, -0.05) is 157 Å². The molecule has 4 N–H and O–H groups in total. The van der Waals surface area contributed by atoms with E-state index in [0.29, 0.717) is 112 Å². The van der Waals surface area contributed by atoms with Crippen LogP contribution >= 0.6 is 0 Å². The number of sulfonamides is 1. The van der Waals surface area contributed by atoms with Gasteiger partial charge in [0.05, 0.1) is 64.2 Å². The summed E-state index contributed by atoms with van der Waals surface area (Å²) in [4.78, 5) is 95.4. The second kappa shape index (κ2) is 33.4. The number of carbonyl (C=O) groups excluding carboxylic acids is 3. The number of pyridine rings is 3. The molecule has 0 bridgehead atoms. The lowest BCUT2D eigenvalue weighted by Crippen LogP contribution is -2.32. The van der Waals surface area contributed by atoms with Crippen LogP contribution in [-0.4, -0.2) is 96.4 Å². The van der Waals surface area contributed by atoms with Gasteiger partial charge in [-0.25, -0.2) is 41.6 Å². The highest BCUT2D eigenvalue weighted by molar-refractivity contribution is 7.88. The van der Waals surface area contributed by atoms with E-state index in [0.717, 1.165) is 33.8 Å². The third kappa shape index (κ3) is 16.2. The minimum absolute atomic E-state index is 0.0823. The summed E-state index contributed by atoms with van der Waals surface area (Å²) in [5.41, 5.74) is 10.6. The lowest BCUT2D eigenvalue weighted by atomic mass is 10.0. The molecule has 0 saturated carbocycles. The topological polar surface area (TPSA) is 290 Å². The van der Waals surface area contributed by atoms with Gasteiger partial charge in [-0.05, 0) is 161 Å². The molecule has 7 aromatic carbocycles. The Morgan fingerprint density at radius 3 is 1.16 bits per heavy atom. The molecule has 3 atom stereocenters. The van der Waals surface area contributed by atoms with E-state index in [9.17, 15) is 37.2 Å². The molecular formula is C90H76N16O8S. The van der Waals surface area contributed by atoms with Crippen molar-refractivity contribution in [3.8, 4) is 40.7 Å². The van der Waals surface area contributed by atoms with Gasteiger partial charge < -0.3 is 16.0 Å². The molecule has 115 heavy (non-hydrogen) atoms. The van der Waals surface area contributed by atoms with Gasteiger partial charge in [0, 0.05) is 82.5 Å². The normalized spacial score (nSPS) is 12.1. The van der Waals surface area contributed by atoms with Crippen LogP contribution in [0.1, 0.15) is 133 Å². The molecule has 0 aliphatic carbocycles. The molecule has 0 saturated heterocycles. The number of fused-ring (bicyclic) bond motifs is 6. The van der Waals surface area contributed by atoms with Crippen molar-refractivity contribution in [1.29, 1.82) is 0 Å². The Labute approximate surface area is 660 Å². The van der Waals surface area contributed by atoms with Crippen molar-refractivity contribution in [2.45, 2.75) is 66.6 Å². The van der Waals surface area contributed by atoms with Crippen LogP contribution < -0.4 is 37.4 Å². The van der Waals surface area contributed by atoms with Gasteiger partial charge in [0.25, 0.3) is 34.4 Å². The van der Waals surface area contributed by atoms with Crippen LogP contribution in [0.15, 0.2) is 264 Å². The predicted octanol–water partition coefficient (Wildman–Crippen LogP) is 12.9. The van der Waals surface area contributed by atoms with Crippen LogP contribution in [0.2, 0.25) is 0 Å². The minimum Gasteiger partial charge on any atom is -0.344 e. The van der Waals surface area contributed by atoms with Gasteiger partial charge in [-0.3, -0.25) is 42.5 Å². The van der Waals surface area contributed by atoms with Gasteiger partial charge in [0.1, 0.15) is 16.7 Å². The number of nitrogens with zero attached hydrogens (tertiary/aromatic N) is 12. The third-order valence-electron chi connectivity index (χ3n) is 19.2. The average molecular weight is 1540 g/mol. The first kappa shape index (κ1) is 77.0. The second-order valence-electron chi connectivity index (χ2n) is 27.1. The van der Waals surface area contributed by atoms with Crippen LogP contribution in [0.4, 0.5) is 0 Å². The van der Waals surface area contributed by atoms with Crippen LogP contribution in [0.3, 0.4) is 0 Å². The van der Waals surface area contributed by atoms with Gasteiger partial charge in [0.15, 0.2) is 16.9 Å². The van der Waals surface area contributed by atoms with Gasteiger partial charge in [-0.15, -0.1) is 5.92 Å². The van der Waals surface area contributed by atoms with Crippen molar-refractivity contribution in [2.24, 2.45) is 0 Å². The molecule has 24 nitrogen and oxygen atoms in total. The molecule has 16 aromatic rings. The number of nitrogens with one attached hydrogen (secondary N) is 4. The zero-order valence-electron chi connectivity index (χ0n) is 63.8. The van der Waals surface area contributed by atoms with E-state index in [1.807, 2.05) is 215 Å². The molecular weight excluding hydrogens is 1470 g/mol. The summed E-state index contributed by atoms with van der Waals surface area (Å²) in [6.45, 7) is 12.5. The number of aryl methyl sites for hydroxylation is 3. The number of para-hydroxylation sites is 3. The molecule has 0 aliphatic rings. The fourth-order valence-corrected chi connectivity index (χ4v) is 14.3. The molecule has 0 fully saturated rings. The molecule has 0 radical (unpaired) electrons. The van der Waals surface area contributed by atoms with Crippen molar-refractivity contribution in [1.82, 2.24) is 78.2 Å². The Hall–Kier alpha value is -14.8. The highest BCUT2D eigenvalue weighted by atomic mass is 32.2. The van der Waals surface area contributed by atoms with Crippen LogP contribution in [0, 0.1) is 44.5 Å². The van der Waals surface area contributed by atoms with Crippen LogP contribution in [0.25, 0.3) is 78.5 Å². The van der Waals surface area contributed by atoms with Gasteiger partial charge in [0.2, 0.25) is 10.0 Å². The fraction of sp³-hybridized carbons (Fsp3) is 0.133. The summed E-state index contributed by atoms with van der Waals surface area (Å²) in [5, 5.41) is 26.1. The van der Waals surface area contributed by atoms with Gasteiger partial charge >= 0.3 is 0 Å². The molecule has 0 aliphatic heterocycles. The second-order valence-corrected chi connectivity index (χ2v) is 29.0. The molecule has 3 amide bonds. The maximum atomic E-state index is 14.2. The lowest BCUT2D eigenvalue weighted by Gasteiger charge is -2.21. The highest BCUT2D eigenvalue weighted by Gasteiger charge is 2.28. The Balaban J connectivity index is 0.000000143. The number of hydrogen-bond donors (Lipinski definition) is 4. The molecule has 9 aromatic heterocycles. The SMILES string of the molecule is CC#Cc1cccc2cc([C@H](C)NC(=O)c3c(C)nn4cccnc34)n(-c3ccccc3)c(=O)c12.Cc1nn2cccnc2c1C(=O)N[C@@H](C)c1cc2cccc(/C=C/c3ccccc3)c2c(=O)n1-c1ccccc1.Cc1nn2cccnc2c1C(=O)N[C@@H](C)c1cc2cccc(C#CCNS(C)(=O)=O)c2c(=O)n1-c1ccccc1. The molecule has 0 spiro atoms. The summed E-state index contributed by atoms with van der Waals surface area (Å²) in [6.07, 6.45) is 15.1. The van der Waals surface area contributed by atoms with Crippen molar-refractivity contribution in [3.63, 3.8) is 0 Å². The number of benzene rings is 7. The van der Waals surface area contributed by atoms with Crippen LogP contribution in [-0.2, 0) is 10.0 Å². The quantitative estimate of drug-likeness (QED) is 0.0517. The Bertz CT molecular complexity index is 6950. The van der Waals surface area contributed by atoms with E-state index in [-0.39, 0.29) is 40.9 Å². The Morgan fingerprint density at radius 2 is 0.783 bits per heavy atom. The van der Waals surface area contributed by atoms with Crippen molar-refractivity contribution in [2.75, 3.05) is 12.8 Å². The highest BCUT2D eigenvalue weighted by Crippen LogP contribution is 2.30. The molecule has 16 rings (SSSR count). The summed E-state index contributed by atoms with van der Waals surface area (Å²) in [7, 11) is -3.39. The number of aromatic nitrogens is 12.